The van der Waals surface area contributed by atoms with Crippen molar-refractivity contribution in [1.29, 1.82) is 0 Å². The predicted molar refractivity (Wildman–Crippen MR) is 82.8 cm³/mol. The molecule has 9 atom stereocenters. The molecule has 13 heteroatoms. The molecule has 1 rings (SSSR count). The summed E-state index contributed by atoms with van der Waals surface area (Å²) in [4.78, 5) is 0. The molecule has 1 fully saturated rings. The summed E-state index contributed by atoms with van der Waals surface area (Å²) in [6.07, 6.45) is -12.6. The molecule has 0 spiro atoms. The van der Waals surface area contributed by atoms with Crippen LogP contribution in [0.5, 0.6) is 0 Å². The molecule has 0 aromatic heterocycles. The Hall–Kier alpha value is -0.450. The van der Waals surface area contributed by atoms with Crippen LogP contribution in [0.4, 0.5) is 0 Å². The van der Waals surface area contributed by atoms with Gasteiger partial charge in [-0.05, 0) is 18.8 Å². The Bertz CT molecular complexity index is 527. The van der Waals surface area contributed by atoms with Gasteiger partial charge in [-0.2, -0.15) is 8.42 Å². The molecule has 26 heavy (non-hydrogen) atoms. The molecular weight excluding hydrogens is 380 g/mol. The SMILES string of the molecule is O=S(=O)(O)O[C@@H]([C@H](O)[C@H](O)CO)[C@@H](O)C[C@H]1C[C@@H](O)[C@@H](O)[C@@H]1[C@@H](O)CO. The summed E-state index contributed by atoms with van der Waals surface area (Å²) in [5.74, 6) is -1.88. The molecule has 0 aromatic carbocycles. The maximum Gasteiger partial charge on any atom is 0.397 e. The van der Waals surface area contributed by atoms with Crippen molar-refractivity contribution in [2.75, 3.05) is 13.2 Å². The third-order valence-corrected chi connectivity index (χ3v) is 5.05. The Morgan fingerprint density at radius 2 is 1.58 bits per heavy atom. The van der Waals surface area contributed by atoms with Gasteiger partial charge >= 0.3 is 10.4 Å². The second-order valence-corrected chi connectivity index (χ2v) is 7.46. The van der Waals surface area contributed by atoms with Crippen LogP contribution in [-0.2, 0) is 14.6 Å². The van der Waals surface area contributed by atoms with E-state index in [1.54, 1.807) is 0 Å². The first-order valence-electron chi connectivity index (χ1n) is 7.88. The predicted octanol–water partition coefficient (Wildman–Crippen LogP) is -4.65. The van der Waals surface area contributed by atoms with Gasteiger partial charge in [0, 0.05) is 5.92 Å². The zero-order chi connectivity index (χ0) is 20.2. The van der Waals surface area contributed by atoms with Gasteiger partial charge in [0.1, 0.15) is 18.3 Å². The molecule has 0 heterocycles. The molecule has 0 aromatic rings. The summed E-state index contributed by atoms with van der Waals surface area (Å²) >= 11 is 0. The van der Waals surface area contributed by atoms with Crippen molar-refractivity contribution in [3.05, 3.63) is 0 Å². The van der Waals surface area contributed by atoms with Gasteiger partial charge < -0.3 is 40.9 Å². The average Bonchev–Trinajstić information content (AvgIpc) is 2.83. The van der Waals surface area contributed by atoms with E-state index < -0.39 is 84.6 Å². The quantitative estimate of drug-likeness (QED) is 0.156. The number of hydrogen-bond donors (Lipinski definition) is 9. The molecule has 0 saturated heterocycles. The Balaban J connectivity index is 2.98. The van der Waals surface area contributed by atoms with Crippen LogP contribution >= 0.6 is 0 Å². The molecule has 0 amide bonds. The van der Waals surface area contributed by atoms with E-state index >= 15 is 0 Å². The zero-order valence-electron chi connectivity index (χ0n) is 13.7. The van der Waals surface area contributed by atoms with E-state index in [1.807, 2.05) is 0 Å². The molecular formula is C13H26O12S. The van der Waals surface area contributed by atoms with Crippen molar-refractivity contribution in [1.82, 2.24) is 0 Å². The minimum atomic E-state index is -5.15. The van der Waals surface area contributed by atoms with E-state index in [4.69, 9.17) is 14.8 Å². The maximum atomic E-state index is 10.9. The van der Waals surface area contributed by atoms with Gasteiger partial charge in [-0.3, -0.25) is 4.55 Å². The summed E-state index contributed by atoms with van der Waals surface area (Å²) in [7, 11) is -5.15. The molecule has 0 bridgehead atoms. The Morgan fingerprint density at radius 3 is 2.04 bits per heavy atom. The standard InChI is InChI=1S/C13H26O12S/c14-3-8(18)10-5(1-6(16)11(10)20)2-7(17)13(25-26(22,23)24)12(21)9(19)4-15/h5-21H,1-4H2,(H,22,23,24)/t5-,6-,7+,8+,9-,10+,11-,12-,13-/m1/s1. The van der Waals surface area contributed by atoms with E-state index in [1.165, 1.54) is 0 Å². The fraction of sp³-hybridized carbons (Fsp3) is 1.00. The molecule has 1 saturated carbocycles. The first kappa shape index (κ1) is 23.6. The van der Waals surface area contributed by atoms with Gasteiger partial charge in [0.15, 0.2) is 0 Å². The highest BCUT2D eigenvalue weighted by molar-refractivity contribution is 7.80. The van der Waals surface area contributed by atoms with Crippen LogP contribution < -0.4 is 0 Å². The van der Waals surface area contributed by atoms with Gasteiger partial charge in [-0.15, -0.1) is 0 Å². The highest BCUT2D eigenvalue weighted by Gasteiger charge is 2.47. The normalized spacial score (nSPS) is 32.8. The van der Waals surface area contributed by atoms with Crippen molar-refractivity contribution in [3.8, 4) is 0 Å². The summed E-state index contributed by atoms with van der Waals surface area (Å²) in [6.45, 7) is -1.73. The van der Waals surface area contributed by atoms with Gasteiger partial charge in [0.05, 0.1) is 37.6 Å². The molecule has 0 aliphatic heterocycles. The molecule has 9 N–H and O–H groups in total. The van der Waals surface area contributed by atoms with Crippen molar-refractivity contribution < 1.29 is 58.0 Å². The molecule has 156 valence electrons. The zero-order valence-corrected chi connectivity index (χ0v) is 14.5. The van der Waals surface area contributed by atoms with E-state index in [9.17, 15) is 39.1 Å². The van der Waals surface area contributed by atoms with Gasteiger partial charge in [-0.1, -0.05) is 0 Å². The van der Waals surface area contributed by atoms with E-state index in [-0.39, 0.29) is 6.42 Å². The molecule has 1 aliphatic rings. The van der Waals surface area contributed by atoms with Gasteiger partial charge in [0.25, 0.3) is 0 Å². The van der Waals surface area contributed by atoms with Crippen LogP contribution in [0.15, 0.2) is 0 Å². The number of aliphatic hydroxyl groups excluding tert-OH is 8. The number of aliphatic hydroxyl groups is 8. The van der Waals surface area contributed by atoms with Crippen molar-refractivity contribution in [2.24, 2.45) is 11.8 Å². The number of hydrogen-bond acceptors (Lipinski definition) is 11. The van der Waals surface area contributed by atoms with Crippen LogP contribution in [-0.4, -0.2) is 110 Å². The Labute approximate surface area is 149 Å². The lowest BCUT2D eigenvalue weighted by atomic mass is 9.84. The monoisotopic (exact) mass is 406 g/mol. The van der Waals surface area contributed by atoms with Crippen molar-refractivity contribution >= 4 is 10.4 Å². The summed E-state index contributed by atoms with van der Waals surface area (Å²) < 4.78 is 34.9. The molecule has 0 unspecified atom stereocenters. The summed E-state index contributed by atoms with van der Waals surface area (Å²) in [5, 5.41) is 76.9. The molecule has 0 radical (unpaired) electrons. The largest absolute Gasteiger partial charge is 0.397 e. The number of rotatable bonds is 10. The highest BCUT2D eigenvalue weighted by atomic mass is 32.3. The second kappa shape index (κ2) is 9.66. The van der Waals surface area contributed by atoms with E-state index in [0.29, 0.717) is 0 Å². The van der Waals surface area contributed by atoms with Crippen LogP contribution in [0.2, 0.25) is 0 Å². The molecule has 12 nitrogen and oxygen atoms in total. The minimum absolute atomic E-state index is 0.114. The van der Waals surface area contributed by atoms with Gasteiger partial charge in [-0.25, -0.2) is 4.18 Å². The summed E-state index contributed by atoms with van der Waals surface area (Å²) in [6, 6.07) is 0. The fourth-order valence-electron chi connectivity index (χ4n) is 3.32. The Morgan fingerprint density at radius 1 is 1.00 bits per heavy atom. The lowest BCUT2D eigenvalue weighted by Gasteiger charge is -2.32. The topological polar surface area (TPSA) is 225 Å². The first-order chi connectivity index (χ1) is 11.9. The van der Waals surface area contributed by atoms with E-state index in [2.05, 4.69) is 4.18 Å². The van der Waals surface area contributed by atoms with Gasteiger partial charge in [0.2, 0.25) is 0 Å². The van der Waals surface area contributed by atoms with Crippen molar-refractivity contribution in [3.63, 3.8) is 0 Å². The first-order valence-corrected chi connectivity index (χ1v) is 9.25. The second-order valence-electron chi connectivity index (χ2n) is 6.41. The lowest BCUT2D eigenvalue weighted by molar-refractivity contribution is -0.112. The smallest absolute Gasteiger partial charge is 0.394 e. The third-order valence-electron chi connectivity index (χ3n) is 4.58. The summed E-state index contributed by atoms with van der Waals surface area (Å²) in [5.41, 5.74) is 0. The minimum Gasteiger partial charge on any atom is -0.394 e. The van der Waals surface area contributed by atoms with Crippen LogP contribution in [0, 0.1) is 11.8 Å². The van der Waals surface area contributed by atoms with Crippen molar-refractivity contribution in [2.45, 2.75) is 55.6 Å². The molecule has 1 aliphatic carbocycles. The van der Waals surface area contributed by atoms with Crippen LogP contribution in [0.3, 0.4) is 0 Å². The third kappa shape index (κ3) is 6.03. The lowest BCUT2D eigenvalue weighted by Crippen LogP contribution is -2.49. The highest BCUT2D eigenvalue weighted by Crippen LogP contribution is 2.38. The Kier molecular flexibility index (Phi) is 8.76. The van der Waals surface area contributed by atoms with Crippen LogP contribution in [0.25, 0.3) is 0 Å². The van der Waals surface area contributed by atoms with E-state index in [0.717, 1.165) is 0 Å². The van der Waals surface area contributed by atoms with Crippen LogP contribution in [0.1, 0.15) is 12.8 Å². The average molecular weight is 406 g/mol. The fourth-order valence-corrected chi connectivity index (χ4v) is 3.84. The maximum absolute atomic E-state index is 10.9.